The molecule has 2 aromatic carbocycles. The smallest absolute Gasteiger partial charge is 0.226 e. The molecule has 5 rings (SSSR count). The van der Waals surface area contributed by atoms with Crippen LogP contribution in [0.1, 0.15) is 22.9 Å². The van der Waals surface area contributed by atoms with Gasteiger partial charge in [0.2, 0.25) is 5.28 Å². The first kappa shape index (κ1) is 19.2. The first-order valence-electron chi connectivity index (χ1n) is 9.85. The van der Waals surface area contributed by atoms with Crippen LogP contribution in [0.15, 0.2) is 73.2 Å². The summed E-state index contributed by atoms with van der Waals surface area (Å²) in [5.41, 5.74) is 4.38. The highest BCUT2D eigenvalue weighted by molar-refractivity contribution is 6.28. The molecule has 8 nitrogen and oxygen atoms in total. The molecule has 3 heterocycles. The van der Waals surface area contributed by atoms with E-state index in [-0.39, 0.29) is 11.3 Å². The maximum atomic E-state index is 6.29. The molecule has 0 aliphatic carbocycles. The van der Waals surface area contributed by atoms with Crippen LogP contribution in [-0.4, -0.2) is 34.9 Å². The summed E-state index contributed by atoms with van der Waals surface area (Å²) in [6.07, 6.45) is 4.18. The number of rotatable bonds is 7. The van der Waals surface area contributed by atoms with E-state index < -0.39 is 0 Å². The predicted octanol–water partition coefficient (Wildman–Crippen LogP) is 4.04. The fraction of sp³-hybridized carbons (Fsp3) is 0.136. The van der Waals surface area contributed by atoms with Gasteiger partial charge < -0.3 is 9.88 Å². The SMILES string of the molecule is Clc1nc(NCc2ccccc2)c2ncn(C(Cc3ccccc3)c3cn[nH]n3)c2n1. The monoisotopic (exact) mass is 430 g/mol. The van der Waals surface area contributed by atoms with Gasteiger partial charge in [-0.25, -0.2) is 4.98 Å². The topological polar surface area (TPSA) is 97.2 Å². The van der Waals surface area contributed by atoms with Crippen LogP contribution in [0.5, 0.6) is 0 Å². The summed E-state index contributed by atoms with van der Waals surface area (Å²) >= 11 is 6.29. The van der Waals surface area contributed by atoms with Crippen LogP contribution in [0.2, 0.25) is 5.28 Å². The molecular formula is C22H19ClN8. The van der Waals surface area contributed by atoms with E-state index in [1.54, 1.807) is 12.5 Å². The van der Waals surface area contributed by atoms with Crippen molar-refractivity contribution in [3.05, 3.63) is 95.3 Å². The number of aromatic amines is 1. The van der Waals surface area contributed by atoms with Gasteiger partial charge in [-0.15, -0.1) is 0 Å². The number of nitrogens with one attached hydrogen (secondary N) is 2. The van der Waals surface area contributed by atoms with Gasteiger partial charge in [0, 0.05) is 6.54 Å². The fourth-order valence-electron chi connectivity index (χ4n) is 3.58. The third-order valence-corrected chi connectivity index (χ3v) is 5.25. The minimum Gasteiger partial charge on any atom is -0.364 e. The quantitative estimate of drug-likeness (QED) is 0.378. The Labute approximate surface area is 183 Å². The van der Waals surface area contributed by atoms with E-state index >= 15 is 0 Å². The van der Waals surface area contributed by atoms with E-state index in [1.807, 2.05) is 53.1 Å². The fourth-order valence-corrected chi connectivity index (χ4v) is 3.74. The Hall–Kier alpha value is -3.78. The number of hydrogen-bond acceptors (Lipinski definition) is 6. The Morgan fingerprint density at radius 2 is 1.71 bits per heavy atom. The zero-order valence-corrected chi connectivity index (χ0v) is 17.2. The number of hydrogen-bond donors (Lipinski definition) is 2. The van der Waals surface area contributed by atoms with Crippen molar-refractivity contribution in [3.63, 3.8) is 0 Å². The van der Waals surface area contributed by atoms with E-state index in [0.29, 0.717) is 29.9 Å². The van der Waals surface area contributed by atoms with Crippen molar-refractivity contribution >= 4 is 28.6 Å². The second-order valence-electron chi connectivity index (χ2n) is 7.10. The number of fused-ring (bicyclic) bond motifs is 1. The molecule has 1 atom stereocenters. The molecule has 0 bridgehead atoms. The number of halogens is 1. The maximum absolute atomic E-state index is 6.29. The molecule has 0 radical (unpaired) electrons. The summed E-state index contributed by atoms with van der Waals surface area (Å²) in [7, 11) is 0. The number of aromatic nitrogens is 7. The molecule has 0 fully saturated rings. The van der Waals surface area contributed by atoms with Crippen LogP contribution < -0.4 is 5.32 Å². The maximum Gasteiger partial charge on any atom is 0.226 e. The Balaban J connectivity index is 1.53. The molecule has 1 unspecified atom stereocenters. The Kier molecular flexibility index (Phi) is 5.28. The number of H-pyrrole nitrogens is 1. The summed E-state index contributed by atoms with van der Waals surface area (Å²) in [6, 6.07) is 20.1. The molecule has 5 aromatic rings. The molecule has 0 saturated carbocycles. The second-order valence-corrected chi connectivity index (χ2v) is 7.44. The van der Waals surface area contributed by atoms with Crippen molar-refractivity contribution in [2.75, 3.05) is 5.32 Å². The molecule has 154 valence electrons. The van der Waals surface area contributed by atoms with Gasteiger partial charge in [-0.2, -0.15) is 25.4 Å². The largest absolute Gasteiger partial charge is 0.364 e. The van der Waals surface area contributed by atoms with Gasteiger partial charge in [-0.3, -0.25) is 0 Å². The Bertz CT molecular complexity index is 1270. The van der Waals surface area contributed by atoms with Crippen molar-refractivity contribution in [2.45, 2.75) is 19.0 Å². The van der Waals surface area contributed by atoms with Crippen molar-refractivity contribution in [1.29, 1.82) is 0 Å². The zero-order chi connectivity index (χ0) is 21.0. The lowest BCUT2D eigenvalue weighted by atomic mass is 10.0. The molecular weight excluding hydrogens is 412 g/mol. The standard InChI is InChI=1S/C22H19ClN8/c23-22-27-20(24-12-16-9-5-2-6-10-16)19-21(28-22)31(14-25-19)18(17-13-26-30-29-17)11-15-7-3-1-4-8-15/h1-10,13-14,18H,11-12H2,(H,24,27,28)(H,26,29,30). The minimum atomic E-state index is -0.154. The lowest BCUT2D eigenvalue weighted by molar-refractivity contribution is 0.574. The average Bonchev–Trinajstić information content (AvgIpc) is 3.48. The summed E-state index contributed by atoms with van der Waals surface area (Å²) in [6.45, 7) is 0.604. The van der Waals surface area contributed by atoms with E-state index in [4.69, 9.17) is 11.6 Å². The predicted molar refractivity (Wildman–Crippen MR) is 119 cm³/mol. The number of anilines is 1. The van der Waals surface area contributed by atoms with E-state index in [9.17, 15) is 0 Å². The molecule has 9 heteroatoms. The van der Waals surface area contributed by atoms with Crippen LogP contribution in [0.3, 0.4) is 0 Å². The molecule has 31 heavy (non-hydrogen) atoms. The van der Waals surface area contributed by atoms with Gasteiger partial charge in [-0.1, -0.05) is 60.7 Å². The average molecular weight is 431 g/mol. The number of nitrogens with zero attached hydrogens (tertiary/aromatic N) is 6. The highest BCUT2D eigenvalue weighted by Gasteiger charge is 2.22. The molecule has 0 spiro atoms. The van der Waals surface area contributed by atoms with E-state index in [1.165, 1.54) is 5.56 Å². The molecule has 0 saturated heterocycles. The van der Waals surface area contributed by atoms with E-state index in [2.05, 4.69) is 47.8 Å². The van der Waals surface area contributed by atoms with Crippen LogP contribution in [0.4, 0.5) is 5.82 Å². The lowest BCUT2D eigenvalue weighted by Crippen LogP contribution is -2.14. The van der Waals surface area contributed by atoms with Crippen molar-refractivity contribution in [2.24, 2.45) is 0 Å². The van der Waals surface area contributed by atoms with Gasteiger partial charge in [-0.05, 0) is 29.1 Å². The Morgan fingerprint density at radius 3 is 2.42 bits per heavy atom. The van der Waals surface area contributed by atoms with Crippen LogP contribution in [0.25, 0.3) is 11.2 Å². The van der Waals surface area contributed by atoms with Gasteiger partial charge in [0.25, 0.3) is 0 Å². The molecule has 0 amide bonds. The molecule has 0 aliphatic rings. The number of benzene rings is 2. The highest BCUT2D eigenvalue weighted by atomic mass is 35.5. The van der Waals surface area contributed by atoms with E-state index in [0.717, 1.165) is 11.3 Å². The third kappa shape index (κ3) is 4.10. The second kappa shape index (κ2) is 8.53. The summed E-state index contributed by atoms with van der Waals surface area (Å²) in [5.74, 6) is 0.594. The molecule has 3 aromatic heterocycles. The molecule has 0 aliphatic heterocycles. The van der Waals surface area contributed by atoms with Crippen molar-refractivity contribution in [1.82, 2.24) is 34.9 Å². The van der Waals surface area contributed by atoms with Gasteiger partial charge in [0.15, 0.2) is 17.0 Å². The van der Waals surface area contributed by atoms with Crippen LogP contribution >= 0.6 is 11.6 Å². The Morgan fingerprint density at radius 1 is 0.968 bits per heavy atom. The first-order valence-corrected chi connectivity index (χ1v) is 10.2. The zero-order valence-electron chi connectivity index (χ0n) is 16.5. The first-order chi connectivity index (χ1) is 15.3. The van der Waals surface area contributed by atoms with Crippen LogP contribution in [-0.2, 0) is 13.0 Å². The van der Waals surface area contributed by atoms with Crippen molar-refractivity contribution < 1.29 is 0 Å². The summed E-state index contributed by atoms with van der Waals surface area (Å²) in [5, 5.41) is 14.5. The third-order valence-electron chi connectivity index (χ3n) is 5.08. The normalized spacial score (nSPS) is 12.2. The van der Waals surface area contributed by atoms with Crippen LogP contribution in [0, 0.1) is 0 Å². The summed E-state index contributed by atoms with van der Waals surface area (Å²) in [4.78, 5) is 13.5. The lowest BCUT2D eigenvalue weighted by Gasteiger charge is -2.17. The van der Waals surface area contributed by atoms with Gasteiger partial charge >= 0.3 is 0 Å². The van der Waals surface area contributed by atoms with Gasteiger partial charge in [0.05, 0.1) is 18.6 Å². The summed E-state index contributed by atoms with van der Waals surface area (Å²) < 4.78 is 1.97. The molecule has 2 N–H and O–H groups in total. The highest BCUT2D eigenvalue weighted by Crippen LogP contribution is 2.28. The van der Waals surface area contributed by atoms with Crippen molar-refractivity contribution in [3.8, 4) is 0 Å². The number of imidazole rings is 1. The minimum absolute atomic E-state index is 0.154. The van der Waals surface area contributed by atoms with Gasteiger partial charge in [0.1, 0.15) is 5.69 Å².